The first-order chi connectivity index (χ1) is 10.4. The van der Waals surface area contributed by atoms with Crippen molar-refractivity contribution >= 4 is 5.69 Å². The number of hydrogen-bond donors (Lipinski definition) is 1. The van der Waals surface area contributed by atoms with E-state index >= 15 is 0 Å². The first-order valence-electron chi connectivity index (χ1n) is 7.66. The van der Waals surface area contributed by atoms with Crippen LogP contribution in [0.15, 0.2) is 54.6 Å². The van der Waals surface area contributed by atoms with Gasteiger partial charge in [0.25, 0.3) is 0 Å². The van der Waals surface area contributed by atoms with Crippen LogP contribution in [0.2, 0.25) is 0 Å². The average Bonchev–Trinajstić information content (AvgIpc) is 2.57. The third-order valence-corrected chi connectivity index (χ3v) is 4.23. The first-order valence-corrected chi connectivity index (χ1v) is 7.66. The van der Waals surface area contributed by atoms with Gasteiger partial charge in [0, 0.05) is 45.0 Å². The van der Waals surface area contributed by atoms with Gasteiger partial charge in [0.1, 0.15) is 0 Å². The molecule has 1 saturated heterocycles. The monoisotopic (exact) mass is 281 g/mol. The van der Waals surface area contributed by atoms with Gasteiger partial charge in [0.05, 0.1) is 0 Å². The third kappa shape index (κ3) is 3.43. The van der Waals surface area contributed by atoms with E-state index in [9.17, 15) is 0 Å². The molecule has 3 nitrogen and oxygen atoms in total. The van der Waals surface area contributed by atoms with Crippen molar-refractivity contribution in [1.82, 2.24) is 4.90 Å². The van der Waals surface area contributed by atoms with E-state index in [1.165, 1.54) is 16.8 Å². The van der Waals surface area contributed by atoms with E-state index in [0.717, 1.165) is 32.7 Å². The van der Waals surface area contributed by atoms with Gasteiger partial charge in [0.2, 0.25) is 0 Å². The van der Waals surface area contributed by atoms with Crippen molar-refractivity contribution in [2.75, 3.05) is 31.1 Å². The predicted molar refractivity (Wildman–Crippen MR) is 88.3 cm³/mol. The van der Waals surface area contributed by atoms with E-state index in [-0.39, 0.29) is 0 Å². The van der Waals surface area contributed by atoms with Gasteiger partial charge in [-0.3, -0.25) is 4.90 Å². The van der Waals surface area contributed by atoms with Crippen molar-refractivity contribution in [3.8, 4) is 0 Å². The van der Waals surface area contributed by atoms with Gasteiger partial charge in [-0.05, 0) is 23.3 Å². The van der Waals surface area contributed by atoms with Crippen molar-refractivity contribution in [3.05, 3.63) is 65.7 Å². The summed E-state index contributed by atoms with van der Waals surface area (Å²) < 4.78 is 0. The molecule has 0 saturated carbocycles. The molecule has 21 heavy (non-hydrogen) atoms. The Bertz CT molecular complexity index is 560. The van der Waals surface area contributed by atoms with Crippen LogP contribution < -0.4 is 10.6 Å². The second-order valence-electron chi connectivity index (χ2n) is 5.57. The second-order valence-corrected chi connectivity index (χ2v) is 5.57. The normalized spacial score (nSPS) is 16.1. The minimum atomic E-state index is 0.625. The molecular formula is C18H23N3. The summed E-state index contributed by atoms with van der Waals surface area (Å²) in [5.41, 5.74) is 9.80. The molecule has 1 aliphatic heterocycles. The Hall–Kier alpha value is -1.84. The zero-order valence-corrected chi connectivity index (χ0v) is 12.4. The molecule has 0 aliphatic carbocycles. The summed E-state index contributed by atoms with van der Waals surface area (Å²) in [6.07, 6.45) is 0. The molecule has 3 heteroatoms. The topological polar surface area (TPSA) is 32.5 Å². The van der Waals surface area contributed by atoms with E-state index in [4.69, 9.17) is 5.73 Å². The first kappa shape index (κ1) is 14.1. The molecule has 0 amide bonds. The lowest BCUT2D eigenvalue weighted by molar-refractivity contribution is 0.249. The molecule has 3 rings (SSSR count). The van der Waals surface area contributed by atoms with Crippen LogP contribution >= 0.6 is 0 Å². The van der Waals surface area contributed by atoms with Gasteiger partial charge in [0.15, 0.2) is 0 Å². The van der Waals surface area contributed by atoms with Crippen LogP contribution in [0, 0.1) is 0 Å². The lowest BCUT2D eigenvalue weighted by Crippen LogP contribution is -2.46. The maximum atomic E-state index is 5.83. The molecule has 0 radical (unpaired) electrons. The maximum Gasteiger partial charge on any atom is 0.0367 e. The van der Waals surface area contributed by atoms with Crippen LogP contribution in [-0.2, 0) is 13.1 Å². The van der Waals surface area contributed by atoms with Crippen LogP contribution in [0.1, 0.15) is 11.1 Å². The molecule has 110 valence electrons. The van der Waals surface area contributed by atoms with E-state index in [1.54, 1.807) is 0 Å². The Morgan fingerprint density at radius 1 is 0.762 bits per heavy atom. The van der Waals surface area contributed by atoms with E-state index in [0.29, 0.717) is 6.54 Å². The van der Waals surface area contributed by atoms with Crippen molar-refractivity contribution < 1.29 is 0 Å². The molecular weight excluding hydrogens is 258 g/mol. The molecule has 0 unspecified atom stereocenters. The highest BCUT2D eigenvalue weighted by Crippen LogP contribution is 2.17. The fraction of sp³-hybridized carbons (Fsp3) is 0.333. The molecule has 0 spiro atoms. The van der Waals surface area contributed by atoms with Crippen molar-refractivity contribution in [3.63, 3.8) is 0 Å². The third-order valence-electron chi connectivity index (χ3n) is 4.23. The average molecular weight is 281 g/mol. The fourth-order valence-corrected chi connectivity index (χ4v) is 2.95. The zero-order valence-electron chi connectivity index (χ0n) is 12.4. The summed E-state index contributed by atoms with van der Waals surface area (Å²) in [5, 5.41) is 0. The number of nitrogens with zero attached hydrogens (tertiary/aromatic N) is 2. The van der Waals surface area contributed by atoms with Crippen molar-refractivity contribution in [1.29, 1.82) is 0 Å². The minimum Gasteiger partial charge on any atom is -0.369 e. The number of anilines is 1. The minimum absolute atomic E-state index is 0.625. The Kier molecular flexibility index (Phi) is 4.53. The van der Waals surface area contributed by atoms with E-state index in [2.05, 4.69) is 64.4 Å². The predicted octanol–water partition coefficient (Wildman–Crippen LogP) is 2.47. The number of nitrogens with two attached hydrogens (primary N) is 1. The van der Waals surface area contributed by atoms with Crippen molar-refractivity contribution in [2.24, 2.45) is 5.73 Å². The molecule has 2 aromatic carbocycles. The SMILES string of the molecule is NCc1ccccc1CN1CCN(c2ccccc2)CC1. The fourth-order valence-electron chi connectivity index (χ4n) is 2.95. The Morgan fingerprint density at radius 3 is 2.05 bits per heavy atom. The summed E-state index contributed by atoms with van der Waals surface area (Å²) >= 11 is 0. The molecule has 0 atom stereocenters. The maximum absolute atomic E-state index is 5.83. The van der Waals surface area contributed by atoms with Crippen molar-refractivity contribution in [2.45, 2.75) is 13.1 Å². The highest BCUT2D eigenvalue weighted by molar-refractivity contribution is 5.46. The Labute approximate surface area is 127 Å². The second kappa shape index (κ2) is 6.74. The summed E-state index contributed by atoms with van der Waals surface area (Å²) in [6, 6.07) is 19.2. The Balaban J connectivity index is 1.59. The molecule has 0 aromatic heterocycles. The number of piperazine rings is 1. The number of hydrogen-bond acceptors (Lipinski definition) is 3. The number of benzene rings is 2. The Morgan fingerprint density at radius 2 is 1.38 bits per heavy atom. The van der Waals surface area contributed by atoms with Gasteiger partial charge in [-0.15, -0.1) is 0 Å². The largest absolute Gasteiger partial charge is 0.369 e. The van der Waals surface area contributed by atoms with Crippen LogP contribution in [0.25, 0.3) is 0 Å². The highest BCUT2D eigenvalue weighted by atomic mass is 15.3. The summed E-state index contributed by atoms with van der Waals surface area (Å²) in [6.45, 7) is 6.03. The van der Waals surface area contributed by atoms with Crippen LogP contribution in [0.3, 0.4) is 0 Å². The van der Waals surface area contributed by atoms with Crippen LogP contribution in [0.4, 0.5) is 5.69 Å². The highest BCUT2D eigenvalue weighted by Gasteiger charge is 2.17. The van der Waals surface area contributed by atoms with Gasteiger partial charge in [-0.25, -0.2) is 0 Å². The number of para-hydroxylation sites is 1. The summed E-state index contributed by atoms with van der Waals surface area (Å²) in [7, 11) is 0. The van der Waals surface area contributed by atoms with Gasteiger partial charge in [-0.2, -0.15) is 0 Å². The van der Waals surface area contributed by atoms with Crippen LogP contribution in [0.5, 0.6) is 0 Å². The summed E-state index contributed by atoms with van der Waals surface area (Å²) in [5.74, 6) is 0. The standard InChI is InChI=1S/C18H23N3/c19-14-16-6-4-5-7-17(16)15-20-10-12-21(13-11-20)18-8-2-1-3-9-18/h1-9H,10-15,19H2. The van der Waals surface area contributed by atoms with E-state index < -0.39 is 0 Å². The molecule has 2 aromatic rings. The van der Waals surface area contributed by atoms with Gasteiger partial charge >= 0.3 is 0 Å². The van der Waals surface area contributed by atoms with Gasteiger partial charge in [-0.1, -0.05) is 42.5 Å². The van der Waals surface area contributed by atoms with E-state index in [1.807, 2.05) is 0 Å². The zero-order chi connectivity index (χ0) is 14.5. The molecule has 2 N–H and O–H groups in total. The quantitative estimate of drug-likeness (QED) is 0.934. The molecule has 1 heterocycles. The smallest absolute Gasteiger partial charge is 0.0367 e. The molecule has 1 fully saturated rings. The number of rotatable bonds is 4. The van der Waals surface area contributed by atoms with Crippen LogP contribution in [-0.4, -0.2) is 31.1 Å². The molecule has 1 aliphatic rings. The van der Waals surface area contributed by atoms with Gasteiger partial charge < -0.3 is 10.6 Å². The lowest BCUT2D eigenvalue weighted by atomic mass is 10.1. The molecule has 0 bridgehead atoms. The summed E-state index contributed by atoms with van der Waals surface area (Å²) in [4.78, 5) is 4.99. The lowest BCUT2D eigenvalue weighted by Gasteiger charge is -2.36.